The van der Waals surface area contributed by atoms with Crippen LogP contribution in [0.4, 0.5) is 0 Å². The van der Waals surface area contributed by atoms with Crippen molar-refractivity contribution in [2.24, 2.45) is 10.9 Å². The number of ether oxygens (including phenoxy) is 1. The summed E-state index contributed by atoms with van der Waals surface area (Å²) in [5.41, 5.74) is 1.10. The van der Waals surface area contributed by atoms with Gasteiger partial charge >= 0.3 is 5.97 Å². The summed E-state index contributed by atoms with van der Waals surface area (Å²) in [5.74, 6) is 0.383. The van der Waals surface area contributed by atoms with Crippen molar-refractivity contribution < 1.29 is 14.3 Å². The number of carbonyl (C=O) groups is 2. The van der Waals surface area contributed by atoms with E-state index in [9.17, 15) is 9.59 Å². The second-order valence-corrected chi connectivity index (χ2v) is 7.10. The van der Waals surface area contributed by atoms with Crippen molar-refractivity contribution in [2.45, 2.75) is 40.2 Å². The Kier molecular flexibility index (Phi) is 9.47. The number of esters is 1. The van der Waals surface area contributed by atoms with Crippen molar-refractivity contribution in [2.75, 3.05) is 39.3 Å². The number of likely N-dealkylation sites (N-methyl/N-ethyl adjacent to an activating group) is 1. The van der Waals surface area contributed by atoms with E-state index in [1.807, 2.05) is 51.1 Å². The molecule has 1 aromatic rings. The van der Waals surface area contributed by atoms with Gasteiger partial charge in [-0.3, -0.25) is 9.59 Å². The number of rotatable bonds is 8. The van der Waals surface area contributed by atoms with Gasteiger partial charge < -0.3 is 19.9 Å². The number of amides is 1. The van der Waals surface area contributed by atoms with Crippen LogP contribution < -0.4 is 5.32 Å². The maximum atomic E-state index is 12.7. The minimum absolute atomic E-state index is 0.00860. The van der Waals surface area contributed by atoms with E-state index in [0.29, 0.717) is 38.7 Å². The van der Waals surface area contributed by atoms with Crippen molar-refractivity contribution in [3.05, 3.63) is 35.9 Å². The Bertz CT molecular complexity index is 678. The molecule has 0 spiro atoms. The molecule has 29 heavy (non-hydrogen) atoms. The van der Waals surface area contributed by atoms with Gasteiger partial charge in [-0.1, -0.05) is 30.3 Å². The van der Waals surface area contributed by atoms with Crippen molar-refractivity contribution in [3.63, 3.8) is 0 Å². The van der Waals surface area contributed by atoms with Crippen LogP contribution in [0.2, 0.25) is 0 Å². The predicted octanol–water partition coefficient (Wildman–Crippen LogP) is 2.28. The van der Waals surface area contributed by atoms with E-state index in [-0.39, 0.29) is 24.3 Å². The molecule has 1 saturated heterocycles. The van der Waals surface area contributed by atoms with E-state index in [2.05, 4.69) is 15.2 Å². The molecule has 0 aromatic heterocycles. The number of hydrogen-bond acceptors (Lipinski definition) is 4. The van der Waals surface area contributed by atoms with Crippen molar-refractivity contribution >= 4 is 17.8 Å². The minimum Gasteiger partial charge on any atom is -0.466 e. The molecule has 1 unspecified atom stereocenters. The number of hydrogen-bond donors (Lipinski definition) is 1. The molecule has 160 valence electrons. The SMILES string of the molecule is CCNC(=NCC(=O)N(CC)Cc1ccccc1)N1CCCC(C(=O)OCC)C1. The largest absolute Gasteiger partial charge is 0.466 e. The van der Waals surface area contributed by atoms with Gasteiger partial charge in [0.2, 0.25) is 5.91 Å². The molecule has 1 aliphatic heterocycles. The summed E-state index contributed by atoms with van der Waals surface area (Å²) >= 11 is 0. The summed E-state index contributed by atoms with van der Waals surface area (Å²) in [6.07, 6.45) is 1.73. The molecule has 0 aliphatic carbocycles. The molecular weight excluding hydrogens is 368 g/mol. The zero-order valence-electron chi connectivity index (χ0n) is 17.9. The highest BCUT2D eigenvalue weighted by atomic mass is 16.5. The number of aliphatic imine (C=N–C) groups is 1. The van der Waals surface area contributed by atoms with Crippen LogP contribution in [0.1, 0.15) is 39.2 Å². The van der Waals surface area contributed by atoms with Crippen molar-refractivity contribution in [1.82, 2.24) is 15.1 Å². The molecule has 2 rings (SSSR count). The Morgan fingerprint density at radius 2 is 2.00 bits per heavy atom. The maximum absolute atomic E-state index is 12.7. The zero-order valence-corrected chi connectivity index (χ0v) is 17.9. The Balaban J connectivity index is 2.01. The number of piperidine rings is 1. The molecule has 0 saturated carbocycles. The molecule has 1 atom stereocenters. The minimum atomic E-state index is -0.149. The van der Waals surface area contributed by atoms with E-state index in [0.717, 1.165) is 24.9 Å². The Hall–Kier alpha value is -2.57. The van der Waals surface area contributed by atoms with Crippen molar-refractivity contribution in [1.29, 1.82) is 0 Å². The normalized spacial score (nSPS) is 17.0. The lowest BCUT2D eigenvalue weighted by molar-refractivity contribution is -0.149. The third kappa shape index (κ3) is 7.07. The number of nitrogens with zero attached hydrogens (tertiary/aromatic N) is 3. The molecule has 1 amide bonds. The van der Waals surface area contributed by atoms with E-state index < -0.39 is 0 Å². The van der Waals surface area contributed by atoms with Gasteiger partial charge in [-0.15, -0.1) is 0 Å². The van der Waals surface area contributed by atoms with Crippen LogP contribution in [0.25, 0.3) is 0 Å². The molecule has 1 aromatic carbocycles. The summed E-state index contributed by atoms with van der Waals surface area (Å²) in [6, 6.07) is 9.96. The first-order valence-corrected chi connectivity index (χ1v) is 10.6. The monoisotopic (exact) mass is 402 g/mol. The average molecular weight is 403 g/mol. The highest BCUT2D eigenvalue weighted by molar-refractivity contribution is 5.85. The number of likely N-dealkylation sites (tertiary alicyclic amines) is 1. The third-order valence-electron chi connectivity index (χ3n) is 4.99. The van der Waals surface area contributed by atoms with E-state index in [1.165, 1.54) is 0 Å². The standard InChI is InChI=1S/C22H34N4O3/c1-4-23-22(26-14-10-13-19(17-26)21(28)29-6-3)24-15-20(27)25(5-2)16-18-11-8-7-9-12-18/h7-9,11-12,19H,4-6,10,13-17H2,1-3H3,(H,23,24). The van der Waals surface area contributed by atoms with Crippen LogP contribution in [0, 0.1) is 5.92 Å². The molecule has 0 bridgehead atoms. The summed E-state index contributed by atoms with van der Waals surface area (Å²) in [5, 5.41) is 3.26. The van der Waals surface area contributed by atoms with Gasteiger partial charge in [0.25, 0.3) is 0 Å². The average Bonchev–Trinajstić information content (AvgIpc) is 2.75. The molecule has 7 heteroatoms. The molecule has 7 nitrogen and oxygen atoms in total. The number of guanidine groups is 1. The smallest absolute Gasteiger partial charge is 0.310 e. The fourth-order valence-electron chi connectivity index (χ4n) is 3.47. The van der Waals surface area contributed by atoms with Crippen LogP contribution in [0.5, 0.6) is 0 Å². The molecule has 1 N–H and O–H groups in total. The van der Waals surface area contributed by atoms with Gasteiger partial charge in [-0.25, -0.2) is 4.99 Å². The van der Waals surface area contributed by atoms with E-state index in [4.69, 9.17) is 4.74 Å². The van der Waals surface area contributed by atoms with Crippen molar-refractivity contribution in [3.8, 4) is 0 Å². The van der Waals surface area contributed by atoms with Crippen LogP contribution >= 0.6 is 0 Å². The van der Waals surface area contributed by atoms with Crippen LogP contribution in [0.15, 0.2) is 35.3 Å². The van der Waals surface area contributed by atoms with Gasteiger partial charge in [0.15, 0.2) is 5.96 Å². The Morgan fingerprint density at radius 3 is 2.66 bits per heavy atom. The number of nitrogens with one attached hydrogen (secondary N) is 1. The third-order valence-corrected chi connectivity index (χ3v) is 4.99. The topological polar surface area (TPSA) is 74.2 Å². The summed E-state index contributed by atoms with van der Waals surface area (Å²) in [7, 11) is 0. The second kappa shape index (κ2) is 12.1. The Labute approximate surface area is 174 Å². The van der Waals surface area contributed by atoms with Gasteiger partial charge in [0.05, 0.1) is 12.5 Å². The first kappa shape index (κ1) is 22.7. The highest BCUT2D eigenvalue weighted by Gasteiger charge is 2.28. The van der Waals surface area contributed by atoms with E-state index >= 15 is 0 Å². The lowest BCUT2D eigenvalue weighted by Gasteiger charge is -2.34. The maximum Gasteiger partial charge on any atom is 0.310 e. The van der Waals surface area contributed by atoms with Crippen LogP contribution in [0.3, 0.4) is 0 Å². The summed E-state index contributed by atoms with van der Waals surface area (Å²) in [4.78, 5) is 33.3. The lowest BCUT2D eigenvalue weighted by atomic mass is 9.98. The fraction of sp³-hybridized carbons (Fsp3) is 0.591. The lowest BCUT2D eigenvalue weighted by Crippen LogP contribution is -2.48. The molecule has 1 fully saturated rings. The number of benzene rings is 1. The molecule has 0 radical (unpaired) electrons. The van der Waals surface area contributed by atoms with Gasteiger partial charge in [0.1, 0.15) is 6.54 Å². The predicted molar refractivity (Wildman–Crippen MR) is 114 cm³/mol. The Morgan fingerprint density at radius 1 is 1.24 bits per heavy atom. The summed E-state index contributed by atoms with van der Waals surface area (Å²) < 4.78 is 5.18. The zero-order chi connectivity index (χ0) is 21.1. The second-order valence-electron chi connectivity index (χ2n) is 7.10. The fourth-order valence-corrected chi connectivity index (χ4v) is 3.47. The number of carbonyl (C=O) groups excluding carboxylic acids is 2. The first-order chi connectivity index (χ1) is 14.1. The molecule has 1 aliphatic rings. The van der Waals surface area contributed by atoms with Crippen LogP contribution in [-0.4, -0.2) is 67.0 Å². The molecular formula is C22H34N4O3. The molecule has 1 heterocycles. The first-order valence-electron chi connectivity index (χ1n) is 10.6. The van der Waals surface area contributed by atoms with Gasteiger partial charge in [-0.2, -0.15) is 0 Å². The van der Waals surface area contributed by atoms with E-state index in [1.54, 1.807) is 4.90 Å². The van der Waals surface area contributed by atoms with Crippen LogP contribution in [-0.2, 0) is 20.9 Å². The quantitative estimate of drug-likeness (QED) is 0.410. The highest BCUT2D eigenvalue weighted by Crippen LogP contribution is 2.18. The van der Waals surface area contributed by atoms with Gasteiger partial charge in [0, 0.05) is 32.7 Å². The van der Waals surface area contributed by atoms with Gasteiger partial charge in [-0.05, 0) is 39.2 Å². The summed E-state index contributed by atoms with van der Waals surface area (Å²) in [6.45, 7) is 9.58.